The lowest BCUT2D eigenvalue weighted by Crippen LogP contribution is -2.58. The zero-order valence-electron chi connectivity index (χ0n) is 23.5. The number of benzene rings is 1. The van der Waals surface area contributed by atoms with Crippen LogP contribution in [-0.4, -0.2) is 76.6 Å². The zero-order chi connectivity index (χ0) is 28.2. The molecule has 9 heteroatoms. The van der Waals surface area contributed by atoms with Gasteiger partial charge in [-0.15, -0.1) is 0 Å². The van der Waals surface area contributed by atoms with E-state index in [1.54, 1.807) is 18.2 Å². The molecule has 0 aromatic heterocycles. The fraction of sp³-hybridized carbons (Fsp3) is 0.677. The highest BCUT2D eigenvalue weighted by atomic mass is 16.5. The summed E-state index contributed by atoms with van der Waals surface area (Å²) in [6, 6.07) is 2.76. The minimum atomic E-state index is -1.06. The molecule has 1 aromatic rings. The number of amides is 2. The van der Waals surface area contributed by atoms with E-state index in [0.717, 1.165) is 64.2 Å². The molecule has 220 valence electrons. The largest absolute Gasteiger partial charge is 0.493 e. The van der Waals surface area contributed by atoms with Crippen LogP contribution in [0.25, 0.3) is 0 Å². The molecule has 9 nitrogen and oxygen atoms in total. The molecule has 1 aliphatic heterocycles. The van der Waals surface area contributed by atoms with Crippen molar-refractivity contribution in [2.45, 2.75) is 107 Å². The summed E-state index contributed by atoms with van der Waals surface area (Å²) in [5.74, 6) is 0.291. The molecule has 4 atom stereocenters. The SMILES string of the molecule is COc1cc(CO)cc2c1O[C@@H]1[C@@H](O)[C@H](N(C(=O)CC3CCCC3)C3CCCCCC3)C=C(C(=O)NCCO)[C@H]21. The number of fused-ring (bicyclic) bond motifs is 3. The lowest BCUT2D eigenvalue weighted by molar-refractivity contribution is -0.142. The average molecular weight is 557 g/mol. The monoisotopic (exact) mass is 556 g/mol. The zero-order valence-corrected chi connectivity index (χ0v) is 23.5. The summed E-state index contributed by atoms with van der Waals surface area (Å²) < 4.78 is 11.9. The molecule has 4 aliphatic rings. The lowest BCUT2D eigenvalue weighted by atomic mass is 9.76. The molecule has 0 saturated heterocycles. The Morgan fingerprint density at radius 3 is 2.40 bits per heavy atom. The van der Waals surface area contributed by atoms with Gasteiger partial charge in [0.2, 0.25) is 11.8 Å². The third-order valence-corrected chi connectivity index (χ3v) is 9.26. The maximum Gasteiger partial charge on any atom is 0.247 e. The molecular weight excluding hydrogens is 512 g/mol. The number of aliphatic hydroxyl groups is 3. The van der Waals surface area contributed by atoms with Gasteiger partial charge in [0.05, 0.1) is 32.3 Å². The number of carbonyl (C=O) groups is 2. The first-order chi connectivity index (χ1) is 19.5. The minimum Gasteiger partial charge on any atom is -0.493 e. The maximum absolute atomic E-state index is 14.1. The molecular formula is C31H44N2O7. The fourth-order valence-electron chi connectivity index (χ4n) is 7.31. The van der Waals surface area contributed by atoms with E-state index in [1.807, 2.05) is 4.90 Å². The van der Waals surface area contributed by atoms with E-state index in [2.05, 4.69) is 5.32 Å². The molecule has 2 amide bonds. The first-order valence-electron chi connectivity index (χ1n) is 15.0. The van der Waals surface area contributed by atoms with Crippen molar-refractivity contribution in [2.24, 2.45) is 5.92 Å². The molecule has 0 bridgehead atoms. The quantitative estimate of drug-likeness (QED) is 0.344. The number of carbonyl (C=O) groups excluding carboxylic acids is 2. The molecule has 0 unspecified atom stereocenters. The van der Waals surface area contributed by atoms with Crippen LogP contribution < -0.4 is 14.8 Å². The van der Waals surface area contributed by atoms with Crippen LogP contribution in [0.1, 0.15) is 87.7 Å². The van der Waals surface area contributed by atoms with Crippen LogP contribution in [0.2, 0.25) is 0 Å². The van der Waals surface area contributed by atoms with Gasteiger partial charge in [0.1, 0.15) is 12.2 Å². The van der Waals surface area contributed by atoms with Gasteiger partial charge in [-0.1, -0.05) is 38.5 Å². The standard InChI is InChI=1S/C31H44N2O7/c1-39-25-15-20(18-35)14-22-27-23(31(38)32-12-13-34)17-24(28(37)30(27)40-29(22)25)33(21-10-4-2-3-5-11-21)26(36)16-19-8-6-7-9-19/h14-15,17,19,21,24,27-28,30,34-35,37H,2-13,16,18H2,1H3,(H,32,38)/t24-,27+,28+,30+/m1/s1. The van der Waals surface area contributed by atoms with E-state index in [0.29, 0.717) is 40.5 Å². The summed E-state index contributed by atoms with van der Waals surface area (Å²) in [6.07, 6.45) is 10.8. The summed E-state index contributed by atoms with van der Waals surface area (Å²) >= 11 is 0. The fourth-order valence-corrected chi connectivity index (χ4v) is 7.31. The van der Waals surface area contributed by atoms with Crippen LogP contribution in [-0.2, 0) is 16.2 Å². The van der Waals surface area contributed by atoms with E-state index in [4.69, 9.17) is 9.47 Å². The van der Waals surface area contributed by atoms with Crippen molar-refractivity contribution < 1.29 is 34.4 Å². The Morgan fingerprint density at radius 1 is 1.05 bits per heavy atom. The summed E-state index contributed by atoms with van der Waals surface area (Å²) in [7, 11) is 1.52. The molecule has 0 radical (unpaired) electrons. The number of aliphatic hydroxyl groups excluding tert-OH is 3. The molecule has 1 aromatic carbocycles. The Bertz CT molecular complexity index is 1090. The topological polar surface area (TPSA) is 129 Å². The molecule has 2 fully saturated rings. The lowest BCUT2D eigenvalue weighted by Gasteiger charge is -2.44. The molecule has 1 heterocycles. The first-order valence-corrected chi connectivity index (χ1v) is 15.0. The molecule has 0 spiro atoms. The Kier molecular flexibility index (Phi) is 9.33. The number of hydrogen-bond acceptors (Lipinski definition) is 7. The average Bonchev–Trinajstić information content (AvgIpc) is 3.53. The van der Waals surface area contributed by atoms with E-state index in [-0.39, 0.29) is 37.6 Å². The van der Waals surface area contributed by atoms with Crippen molar-refractivity contribution in [1.82, 2.24) is 10.2 Å². The Morgan fingerprint density at radius 2 is 1.75 bits per heavy atom. The van der Waals surface area contributed by atoms with Crippen molar-refractivity contribution in [3.8, 4) is 11.5 Å². The highest BCUT2D eigenvalue weighted by molar-refractivity contribution is 5.96. The highest BCUT2D eigenvalue weighted by Gasteiger charge is 2.52. The van der Waals surface area contributed by atoms with Crippen molar-refractivity contribution in [2.75, 3.05) is 20.3 Å². The van der Waals surface area contributed by atoms with E-state index in [1.165, 1.54) is 7.11 Å². The van der Waals surface area contributed by atoms with Crippen LogP contribution in [0.3, 0.4) is 0 Å². The van der Waals surface area contributed by atoms with Crippen molar-refractivity contribution >= 4 is 11.8 Å². The predicted molar refractivity (Wildman–Crippen MR) is 149 cm³/mol. The molecule has 4 N–H and O–H groups in total. The first kappa shape index (κ1) is 28.9. The minimum absolute atomic E-state index is 0.00934. The maximum atomic E-state index is 14.1. The Hall–Kier alpha value is -2.62. The van der Waals surface area contributed by atoms with Crippen LogP contribution in [0, 0.1) is 5.92 Å². The molecule has 3 aliphatic carbocycles. The van der Waals surface area contributed by atoms with Crippen LogP contribution in [0.15, 0.2) is 23.8 Å². The van der Waals surface area contributed by atoms with Gasteiger partial charge in [-0.2, -0.15) is 0 Å². The highest BCUT2D eigenvalue weighted by Crippen LogP contribution is 2.52. The summed E-state index contributed by atoms with van der Waals surface area (Å²) in [4.78, 5) is 29.5. The number of hydrogen-bond donors (Lipinski definition) is 4. The van der Waals surface area contributed by atoms with Gasteiger partial charge in [0.15, 0.2) is 11.5 Å². The second-order valence-electron chi connectivity index (χ2n) is 11.8. The van der Waals surface area contributed by atoms with Gasteiger partial charge < -0.3 is 35.0 Å². The van der Waals surface area contributed by atoms with E-state index in [9.17, 15) is 24.9 Å². The van der Waals surface area contributed by atoms with Crippen molar-refractivity contribution in [1.29, 1.82) is 0 Å². The second kappa shape index (κ2) is 12.9. The van der Waals surface area contributed by atoms with Crippen molar-refractivity contribution in [3.05, 3.63) is 34.9 Å². The molecule has 2 saturated carbocycles. The number of rotatable bonds is 9. The molecule has 5 rings (SSSR count). The van der Waals surface area contributed by atoms with E-state index >= 15 is 0 Å². The summed E-state index contributed by atoms with van der Waals surface area (Å²) in [5.41, 5.74) is 1.67. The van der Waals surface area contributed by atoms with Crippen molar-refractivity contribution in [3.63, 3.8) is 0 Å². The van der Waals surface area contributed by atoms with Crippen LogP contribution in [0.4, 0.5) is 0 Å². The number of ether oxygens (including phenoxy) is 2. The van der Waals surface area contributed by atoms with Gasteiger partial charge in [0.25, 0.3) is 0 Å². The Balaban J connectivity index is 1.57. The normalized spacial score (nSPS) is 26.8. The van der Waals surface area contributed by atoms with Gasteiger partial charge in [-0.25, -0.2) is 0 Å². The summed E-state index contributed by atoms with van der Waals surface area (Å²) in [6.45, 7) is -0.336. The Labute approximate surface area is 236 Å². The van der Waals surface area contributed by atoms with Gasteiger partial charge in [-0.05, 0) is 55.4 Å². The van der Waals surface area contributed by atoms with Gasteiger partial charge >= 0.3 is 0 Å². The van der Waals surface area contributed by atoms with Crippen LogP contribution >= 0.6 is 0 Å². The summed E-state index contributed by atoms with van der Waals surface area (Å²) in [5, 5.41) is 34.0. The van der Waals surface area contributed by atoms with Gasteiger partial charge in [0, 0.05) is 30.1 Å². The number of nitrogens with one attached hydrogen (secondary N) is 1. The smallest absolute Gasteiger partial charge is 0.247 e. The molecule has 40 heavy (non-hydrogen) atoms. The van der Waals surface area contributed by atoms with E-state index < -0.39 is 24.2 Å². The third kappa shape index (κ3) is 5.74. The second-order valence-corrected chi connectivity index (χ2v) is 11.8. The predicted octanol–water partition coefficient (Wildman–Crippen LogP) is 2.94. The number of nitrogens with zero attached hydrogens (tertiary/aromatic N) is 1. The van der Waals surface area contributed by atoms with Gasteiger partial charge in [-0.3, -0.25) is 9.59 Å². The third-order valence-electron chi connectivity index (χ3n) is 9.26. The van der Waals surface area contributed by atoms with Crippen LogP contribution in [0.5, 0.6) is 11.5 Å². The number of methoxy groups -OCH3 is 1.